The molecule has 0 spiro atoms. The molecular formula is C11H17NO5. The van der Waals surface area contributed by atoms with Crippen LogP contribution >= 0.6 is 0 Å². The van der Waals surface area contributed by atoms with E-state index in [1.165, 1.54) is 0 Å². The quantitative estimate of drug-likeness (QED) is 0.549. The van der Waals surface area contributed by atoms with Gasteiger partial charge in [0.05, 0.1) is 19.1 Å². The molecular weight excluding hydrogens is 226 g/mol. The zero-order chi connectivity index (χ0) is 12.8. The summed E-state index contributed by atoms with van der Waals surface area (Å²) in [7, 11) is 0. The van der Waals surface area contributed by atoms with Gasteiger partial charge in [0.25, 0.3) is 0 Å². The van der Waals surface area contributed by atoms with Crippen molar-refractivity contribution in [2.24, 2.45) is 11.8 Å². The predicted octanol–water partition coefficient (Wildman–Crippen LogP) is -0.135. The van der Waals surface area contributed by atoms with Gasteiger partial charge in [0.2, 0.25) is 5.91 Å². The lowest BCUT2D eigenvalue weighted by Gasteiger charge is -2.26. The molecule has 2 atom stereocenters. The fourth-order valence-corrected chi connectivity index (χ4v) is 1.71. The van der Waals surface area contributed by atoms with Crippen molar-refractivity contribution >= 4 is 17.8 Å². The summed E-state index contributed by atoms with van der Waals surface area (Å²) in [6, 6.07) is 0. The third kappa shape index (κ3) is 3.44. The van der Waals surface area contributed by atoms with Gasteiger partial charge in [0.15, 0.2) is 0 Å². The van der Waals surface area contributed by atoms with Gasteiger partial charge in [-0.1, -0.05) is 0 Å². The maximum absolute atomic E-state index is 11.5. The molecule has 1 saturated heterocycles. The minimum Gasteiger partial charge on any atom is -0.466 e. The fraction of sp³-hybridized carbons (Fsp3) is 0.727. The Bertz CT molecular complexity index is 315. The van der Waals surface area contributed by atoms with Crippen LogP contribution in [0.25, 0.3) is 0 Å². The van der Waals surface area contributed by atoms with E-state index in [2.05, 4.69) is 5.32 Å². The number of piperidine rings is 1. The van der Waals surface area contributed by atoms with Crippen LogP contribution < -0.4 is 5.32 Å². The zero-order valence-electron chi connectivity index (χ0n) is 10.0. The van der Waals surface area contributed by atoms with Crippen LogP contribution in [0.15, 0.2) is 0 Å². The number of hydrogen-bond donors (Lipinski definition) is 1. The molecule has 6 heteroatoms. The van der Waals surface area contributed by atoms with Gasteiger partial charge in [-0.3, -0.25) is 14.4 Å². The molecule has 0 aromatic carbocycles. The Labute approximate surface area is 99.6 Å². The highest BCUT2D eigenvalue weighted by Gasteiger charge is 2.38. The molecule has 1 amide bonds. The van der Waals surface area contributed by atoms with Crippen LogP contribution in [0.3, 0.4) is 0 Å². The standard InChI is InChI=1S/C11H17NO5/c1-3-16-10(14)7-5-8(9(13)12-6-7)11(15)17-4-2/h7-8H,3-6H2,1-2H3,(H,12,13). The largest absolute Gasteiger partial charge is 0.466 e. The number of carbonyl (C=O) groups is 3. The lowest BCUT2D eigenvalue weighted by Crippen LogP contribution is -2.47. The van der Waals surface area contributed by atoms with Crippen molar-refractivity contribution in [1.82, 2.24) is 5.32 Å². The van der Waals surface area contributed by atoms with Gasteiger partial charge < -0.3 is 14.8 Å². The van der Waals surface area contributed by atoms with Gasteiger partial charge in [-0.2, -0.15) is 0 Å². The third-order valence-corrected chi connectivity index (χ3v) is 2.55. The van der Waals surface area contributed by atoms with E-state index in [1.54, 1.807) is 13.8 Å². The first-order valence-electron chi connectivity index (χ1n) is 5.71. The molecule has 0 bridgehead atoms. The number of esters is 2. The lowest BCUT2D eigenvalue weighted by atomic mass is 9.90. The monoisotopic (exact) mass is 243 g/mol. The highest BCUT2D eigenvalue weighted by molar-refractivity contribution is 5.99. The van der Waals surface area contributed by atoms with Crippen molar-refractivity contribution < 1.29 is 23.9 Å². The summed E-state index contributed by atoms with van der Waals surface area (Å²) in [4.78, 5) is 34.5. The Morgan fingerprint density at radius 1 is 1.24 bits per heavy atom. The molecule has 1 N–H and O–H groups in total. The summed E-state index contributed by atoms with van der Waals surface area (Å²) in [5, 5.41) is 2.52. The first-order valence-corrected chi connectivity index (χ1v) is 5.71. The molecule has 1 fully saturated rings. The van der Waals surface area contributed by atoms with E-state index in [0.717, 1.165) is 0 Å². The molecule has 96 valence electrons. The van der Waals surface area contributed by atoms with Gasteiger partial charge in [0, 0.05) is 6.54 Å². The molecule has 0 aromatic heterocycles. The maximum Gasteiger partial charge on any atom is 0.318 e. The van der Waals surface area contributed by atoms with Gasteiger partial charge in [-0.05, 0) is 20.3 Å². The molecule has 1 rings (SSSR count). The Morgan fingerprint density at radius 2 is 1.82 bits per heavy atom. The van der Waals surface area contributed by atoms with Crippen LogP contribution in [0, 0.1) is 11.8 Å². The van der Waals surface area contributed by atoms with Gasteiger partial charge >= 0.3 is 11.9 Å². The van der Waals surface area contributed by atoms with E-state index in [9.17, 15) is 14.4 Å². The lowest BCUT2D eigenvalue weighted by molar-refractivity contribution is -0.157. The first kappa shape index (κ1) is 13.5. The van der Waals surface area contributed by atoms with Crippen LogP contribution in [0.4, 0.5) is 0 Å². The number of amides is 1. The van der Waals surface area contributed by atoms with Crippen molar-refractivity contribution in [1.29, 1.82) is 0 Å². The van der Waals surface area contributed by atoms with Crippen LogP contribution in [0.2, 0.25) is 0 Å². The van der Waals surface area contributed by atoms with E-state index in [-0.39, 0.29) is 38.1 Å². The Morgan fingerprint density at radius 3 is 2.41 bits per heavy atom. The van der Waals surface area contributed by atoms with Crippen molar-refractivity contribution in [3.8, 4) is 0 Å². The topological polar surface area (TPSA) is 81.7 Å². The summed E-state index contributed by atoms with van der Waals surface area (Å²) in [6.45, 7) is 4.09. The second kappa shape index (κ2) is 6.22. The van der Waals surface area contributed by atoms with E-state index in [0.29, 0.717) is 0 Å². The normalized spacial score (nSPS) is 23.8. The minimum atomic E-state index is -0.905. The molecule has 0 aromatic rings. The molecule has 1 aliphatic heterocycles. The summed E-state index contributed by atoms with van der Waals surface area (Å²) in [6.07, 6.45) is 0.156. The van der Waals surface area contributed by atoms with E-state index >= 15 is 0 Å². The van der Waals surface area contributed by atoms with Crippen LogP contribution in [-0.2, 0) is 23.9 Å². The number of ether oxygens (including phenoxy) is 2. The molecule has 0 radical (unpaired) electrons. The van der Waals surface area contributed by atoms with Gasteiger partial charge in [0.1, 0.15) is 5.92 Å². The molecule has 0 aliphatic carbocycles. The fourth-order valence-electron chi connectivity index (χ4n) is 1.71. The highest BCUT2D eigenvalue weighted by Crippen LogP contribution is 2.20. The van der Waals surface area contributed by atoms with Crippen LogP contribution in [0.1, 0.15) is 20.3 Å². The Balaban J connectivity index is 2.62. The average Bonchev–Trinajstić information content (AvgIpc) is 2.30. The number of rotatable bonds is 4. The van der Waals surface area contributed by atoms with Gasteiger partial charge in [-0.25, -0.2) is 0 Å². The van der Waals surface area contributed by atoms with Crippen LogP contribution in [-0.4, -0.2) is 37.6 Å². The number of carbonyl (C=O) groups excluding carboxylic acids is 3. The van der Waals surface area contributed by atoms with Crippen LogP contribution in [0.5, 0.6) is 0 Å². The first-order chi connectivity index (χ1) is 8.10. The van der Waals surface area contributed by atoms with E-state index in [4.69, 9.17) is 9.47 Å². The summed E-state index contributed by atoms with van der Waals surface area (Å²) in [5.41, 5.74) is 0. The average molecular weight is 243 g/mol. The smallest absolute Gasteiger partial charge is 0.318 e. The number of hydrogen-bond acceptors (Lipinski definition) is 5. The Kier molecular flexibility index (Phi) is 4.93. The van der Waals surface area contributed by atoms with Crippen molar-refractivity contribution in [2.75, 3.05) is 19.8 Å². The third-order valence-electron chi connectivity index (χ3n) is 2.55. The molecule has 1 aliphatic rings. The second-order valence-electron chi connectivity index (χ2n) is 3.73. The van der Waals surface area contributed by atoms with Crippen molar-refractivity contribution in [3.05, 3.63) is 0 Å². The van der Waals surface area contributed by atoms with E-state index in [1.807, 2.05) is 0 Å². The molecule has 0 saturated carbocycles. The zero-order valence-corrected chi connectivity index (χ0v) is 10.0. The van der Waals surface area contributed by atoms with Gasteiger partial charge in [-0.15, -0.1) is 0 Å². The predicted molar refractivity (Wildman–Crippen MR) is 57.9 cm³/mol. The molecule has 2 unspecified atom stereocenters. The second-order valence-corrected chi connectivity index (χ2v) is 3.73. The maximum atomic E-state index is 11.5. The molecule has 17 heavy (non-hydrogen) atoms. The SMILES string of the molecule is CCOC(=O)C1CNC(=O)C(C(=O)OCC)C1. The minimum absolute atomic E-state index is 0.156. The summed E-state index contributed by atoms with van der Waals surface area (Å²) in [5.74, 6) is -2.73. The molecule has 1 heterocycles. The van der Waals surface area contributed by atoms with Crippen molar-refractivity contribution in [3.63, 3.8) is 0 Å². The highest BCUT2D eigenvalue weighted by atomic mass is 16.5. The Hall–Kier alpha value is -1.59. The van der Waals surface area contributed by atoms with E-state index < -0.39 is 17.8 Å². The summed E-state index contributed by atoms with van der Waals surface area (Å²) < 4.78 is 9.65. The summed E-state index contributed by atoms with van der Waals surface area (Å²) >= 11 is 0. The molecule has 6 nitrogen and oxygen atoms in total. The van der Waals surface area contributed by atoms with Crippen molar-refractivity contribution in [2.45, 2.75) is 20.3 Å². The number of nitrogens with one attached hydrogen (secondary N) is 1.